The Hall–Kier alpha value is -3.00. The number of fused-ring (bicyclic) bond motifs is 1. The summed E-state index contributed by atoms with van der Waals surface area (Å²) in [4.78, 5) is 25.3. The Balaban J connectivity index is 1.71. The molecule has 1 aliphatic rings. The first kappa shape index (κ1) is 23.2. The maximum Gasteiger partial charge on any atom is 0.272 e. The van der Waals surface area contributed by atoms with Crippen molar-refractivity contribution < 1.29 is 9.32 Å². The number of imidazole rings is 1. The number of benzene rings is 1. The number of amides is 1. The van der Waals surface area contributed by atoms with Crippen molar-refractivity contribution in [2.45, 2.75) is 60.7 Å². The van der Waals surface area contributed by atoms with E-state index in [1.54, 1.807) is 6.92 Å². The molecule has 1 aromatic carbocycles. The number of nitrogens with one attached hydrogen (secondary N) is 1. The number of aromatic nitrogens is 4. The Kier molecular flexibility index (Phi) is 6.38. The van der Waals surface area contributed by atoms with E-state index < -0.39 is 6.04 Å². The Bertz CT molecular complexity index is 1110. The number of rotatable bonds is 6. The highest BCUT2D eigenvalue weighted by molar-refractivity contribution is 5.94. The maximum atomic E-state index is 13.6. The van der Waals surface area contributed by atoms with E-state index in [2.05, 4.69) is 38.8 Å². The lowest BCUT2D eigenvalue weighted by atomic mass is 9.86. The van der Waals surface area contributed by atoms with Crippen LogP contribution in [0.15, 0.2) is 34.9 Å². The molecule has 33 heavy (non-hydrogen) atoms. The Labute approximate surface area is 195 Å². The largest absolute Gasteiger partial charge is 0.338 e. The maximum absolute atomic E-state index is 13.6. The lowest BCUT2D eigenvalue weighted by Gasteiger charge is -2.31. The molecule has 3 heterocycles. The SMILES string of the molecule is Cc1noc(C(NC(=O)c2nc(-c3ccccc3)n3c2CN(CC(C)C)CC3)C(C)(C)C)n1. The molecule has 1 unspecified atom stereocenters. The average molecular weight is 451 g/mol. The highest BCUT2D eigenvalue weighted by Crippen LogP contribution is 2.33. The summed E-state index contributed by atoms with van der Waals surface area (Å²) in [5.74, 6) is 2.12. The molecule has 0 spiro atoms. The van der Waals surface area contributed by atoms with E-state index in [1.165, 1.54) is 0 Å². The standard InChI is InChI=1S/C25H34N6O2/c1-16(2)14-30-12-13-31-19(15-30)20(27-22(31)18-10-8-7-9-11-18)23(32)28-21(25(4,5)6)24-26-17(3)29-33-24/h7-11,16,21H,12-15H2,1-6H3,(H,28,32). The van der Waals surface area contributed by atoms with Crippen LogP contribution >= 0.6 is 0 Å². The first-order valence-electron chi connectivity index (χ1n) is 11.6. The van der Waals surface area contributed by atoms with Gasteiger partial charge in [0.15, 0.2) is 11.5 Å². The van der Waals surface area contributed by atoms with Crippen LogP contribution in [0.3, 0.4) is 0 Å². The second-order valence-corrected chi connectivity index (χ2v) is 10.3. The van der Waals surface area contributed by atoms with Crippen molar-refractivity contribution in [1.29, 1.82) is 0 Å². The minimum Gasteiger partial charge on any atom is -0.338 e. The van der Waals surface area contributed by atoms with Gasteiger partial charge in [-0.3, -0.25) is 9.69 Å². The van der Waals surface area contributed by atoms with Crippen molar-refractivity contribution in [1.82, 2.24) is 29.9 Å². The van der Waals surface area contributed by atoms with E-state index in [0.717, 1.165) is 36.7 Å². The summed E-state index contributed by atoms with van der Waals surface area (Å²) in [6, 6.07) is 9.63. The normalized spacial score (nSPS) is 15.5. The fourth-order valence-corrected chi connectivity index (χ4v) is 4.36. The molecule has 1 aliphatic heterocycles. The first-order chi connectivity index (χ1) is 15.6. The van der Waals surface area contributed by atoms with Gasteiger partial charge < -0.3 is 14.4 Å². The van der Waals surface area contributed by atoms with Gasteiger partial charge in [-0.15, -0.1) is 0 Å². The van der Waals surface area contributed by atoms with Crippen molar-refractivity contribution in [3.63, 3.8) is 0 Å². The molecule has 1 N–H and O–H groups in total. The van der Waals surface area contributed by atoms with E-state index in [0.29, 0.717) is 29.9 Å². The van der Waals surface area contributed by atoms with Crippen LogP contribution in [0.2, 0.25) is 0 Å². The number of carbonyl (C=O) groups is 1. The summed E-state index contributed by atoms with van der Waals surface area (Å²) in [6.45, 7) is 15.8. The van der Waals surface area contributed by atoms with Crippen molar-refractivity contribution in [2.24, 2.45) is 11.3 Å². The Morgan fingerprint density at radius 2 is 1.88 bits per heavy atom. The van der Waals surface area contributed by atoms with Gasteiger partial charge >= 0.3 is 0 Å². The summed E-state index contributed by atoms with van der Waals surface area (Å²) < 4.78 is 7.63. The number of hydrogen-bond acceptors (Lipinski definition) is 6. The number of carbonyl (C=O) groups excluding carboxylic acids is 1. The van der Waals surface area contributed by atoms with Crippen molar-refractivity contribution >= 4 is 5.91 Å². The third-order valence-electron chi connectivity index (χ3n) is 5.89. The quantitative estimate of drug-likeness (QED) is 0.605. The number of aryl methyl sites for hydroxylation is 1. The highest BCUT2D eigenvalue weighted by Gasteiger charge is 2.35. The molecule has 3 aromatic rings. The van der Waals surface area contributed by atoms with E-state index in [9.17, 15) is 4.79 Å². The van der Waals surface area contributed by atoms with Gasteiger partial charge in [0, 0.05) is 31.7 Å². The van der Waals surface area contributed by atoms with Crippen LogP contribution in [0, 0.1) is 18.3 Å². The molecule has 1 amide bonds. The number of nitrogens with zero attached hydrogens (tertiary/aromatic N) is 5. The van der Waals surface area contributed by atoms with E-state index >= 15 is 0 Å². The van der Waals surface area contributed by atoms with Crippen molar-refractivity contribution in [3.05, 3.63) is 53.4 Å². The molecule has 0 aliphatic carbocycles. The van der Waals surface area contributed by atoms with Crippen LogP contribution in [0.4, 0.5) is 0 Å². The molecule has 0 saturated carbocycles. The second-order valence-electron chi connectivity index (χ2n) is 10.3. The minimum absolute atomic E-state index is 0.219. The van der Waals surface area contributed by atoms with Gasteiger partial charge in [-0.25, -0.2) is 4.98 Å². The van der Waals surface area contributed by atoms with Crippen LogP contribution in [-0.2, 0) is 13.1 Å². The zero-order chi connectivity index (χ0) is 23.8. The summed E-state index contributed by atoms with van der Waals surface area (Å²) in [5.41, 5.74) is 2.11. The van der Waals surface area contributed by atoms with Gasteiger partial charge in [-0.05, 0) is 18.3 Å². The summed E-state index contributed by atoms with van der Waals surface area (Å²) in [6.07, 6.45) is 0. The number of hydrogen-bond donors (Lipinski definition) is 1. The van der Waals surface area contributed by atoms with Gasteiger partial charge in [-0.1, -0.05) is 70.1 Å². The first-order valence-corrected chi connectivity index (χ1v) is 11.6. The van der Waals surface area contributed by atoms with Gasteiger partial charge in [0.25, 0.3) is 5.91 Å². The third kappa shape index (κ3) is 5.00. The molecule has 8 nitrogen and oxygen atoms in total. The molecule has 8 heteroatoms. The van der Waals surface area contributed by atoms with Gasteiger partial charge in [0.2, 0.25) is 5.89 Å². The monoisotopic (exact) mass is 450 g/mol. The molecule has 2 aromatic heterocycles. The molecule has 0 fully saturated rings. The molecule has 0 saturated heterocycles. The van der Waals surface area contributed by atoms with E-state index in [4.69, 9.17) is 9.51 Å². The van der Waals surface area contributed by atoms with Crippen LogP contribution < -0.4 is 5.32 Å². The minimum atomic E-state index is -0.431. The Morgan fingerprint density at radius 1 is 1.15 bits per heavy atom. The smallest absolute Gasteiger partial charge is 0.272 e. The van der Waals surface area contributed by atoms with E-state index in [-0.39, 0.29) is 11.3 Å². The fraction of sp³-hybridized carbons (Fsp3) is 0.520. The second kappa shape index (κ2) is 9.09. The van der Waals surface area contributed by atoms with Crippen molar-refractivity contribution in [2.75, 3.05) is 13.1 Å². The fourth-order valence-electron chi connectivity index (χ4n) is 4.36. The van der Waals surface area contributed by atoms with Crippen LogP contribution in [-0.4, -0.2) is 43.6 Å². The summed E-state index contributed by atoms with van der Waals surface area (Å²) in [7, 11) is 0. The van der Waals surface area contributed by atoms with Crippen LogP contribution in [0.1, 0.15) is 68.6 Å². The van der Waals surface area contributed by atoms with Crippen molar-refractivity contribution in [3.8, 4) is 11.4 Å². The molecule has 176 valence electrons. The molecule has 0 radical (unpaired) electrons. The summed E-state index contributed by atoms with van der Waals surface area (Å²) in [5, 5.41) is 7.06. The topological polar surface area (TPSA) is 89.1 Å². The molecule has 4 rings (SSSR count). The molecular weight excluding hydrogens is 416 g/mol. The van der Waals surface area contributed by atoms with Crippen LogP contribution in [0.25, 0.3) is 11.4 Å². The predicted octanol–water partition coefficient (Wildman–Crippen LogP) is 4.23. The average Bonchev–Trinajstić information content (AvgIpc) is 3.34. The summed E-state index contributed by atoms with van der Waals surface area (Å²) >= 11 is 0. The molecule has 0 bridgehead atoms. The Morgan fingerprint density at radius 3 is 2.48 bits per heavy atom. The lowest BCUT2D eigenvalue weighted by Crippen LogP contribution is -2.39. The van der Waals surface area contributed by atoms with Gasteiger partial charge in [0.1, 0.15) is 11.9 Å². The zero-order valence-electron chi connectivity index (χ0n) is 20.4. The van der Waals surface area contributed by atoms with Gasteiger partial charge in [-0.2, -0.15) is 4.98 Å². The van der Waals surface area contributed by atoms with Gasteiger partial charge in [0.05, 0.1) is 5.69 Å². The molecular formula is C25H34N6O2. The predicted molar refractivity (Wildman–Crippen MR) is 126 cm³/mol. The van der Waals surface area contributed by atoms with Crippen LogP contribution in [0.5, 0.6) is 0 Å². The van der Waals surface area contributed by atoms with E-state index in [1.807, 2.05) is 51.1 Å². The zero-order valence-corrected chi connectivity index (χ0v) is 20.4. The lowest BCUT2D eigenvalue weighted by molar-refractivity contribution is 0.0872. The highest BCUT2D eigenvalue weighted by atomic mass is 16.5. The molecule has 1 atom stereocenters. The third-order valence-corrected chi connectivity index (χ3v) is 5.89.